The zero-order valence-electron chi connectivity index (χ0n) is 22.4. The number of nitro groups is 1. The third-order valence-electron chi connectivity index (χ3n) is 2.91. The molecule has 0 aliphatic heterocycles. The lowest BCUT2D eigenvalue weighted by molar-refractivity contribution is -0.384. The molecule has 0 aliphatic carbocycles. The summed E-state index contributed by atoms with van der Waals surface area (Å²) in [5, 5.41) is 18.1. The van der Waals surface area contributed by atoms with E-state index in [2.05, 4.69) is 14.2 Å². The van der Waals surface area contributed by atoms with Crippen LogP contribution < -0.4 is 4.74 Å². The number of carboxylic acids is 1. The summed E-state index contributed by atoms with van der Waals surface area (Å²) in [5.74, 6) is -0.882. The monoisotopic (exact) mass is 523 g/mol. The molecular weight excluding hydrogens is 482 g/mol. The van der Waals surface area contributed by atoms with E-state index in [1.807, 2.05) is 27.7 Å². The van der Waals surface area contributed by atoms with E-state index in [4.69, 9.17) is 19.3 Å². The normalized spacial score (nSPS) is 9.44. The predicted octanol–water partition coefficient (Wildman–Crippen LogP) is 3.47. The van der Waals surface area contributed by atoms with Crippen LogP contribution in [0.4, 0.5) is 5.69 Å². The van der Waals surface area contributed by atoms with Gasteiger partial charge in [0.25, 0.3) is 12.2 Å². The number of carboxylic acid groups (broad SMARTS) is 1. The quantitative estimate of drug-likeness (QED) is 0.0998. The van der Waals surface area contributed by atoms with E-state index in [0.717, 1.165) is 0 Å². The first-order valence-corrected chi connectivity index (χ1v) is 11.1. The van der Waals surface area contributed by atoms with Crippen molar-refractivity contribution in [3.05, 3.63) is 34.4 Å². The fourth-order valence-corrected chi connectivity index (χ4v) is 1.52. The fourth-order valence-electron chi connectivity index (χ4n) is 1.52. The van der Waals surface area contributed by atoms with Crippen molar-refractivity contribution in [2.75, 3.05) is 47.3 Å². The minimum atomic E-state index is -0.915. The number of carbonyl (C=O) groups is 3. The maximum absolute atomic E-state index is 10.9. The number of hydrogen-bond donors (Lipinski definition) is 1. The van der Waals surface area contributed by atoms with E-state index >= 15 is 0 Å². The topological polar surface area (TPSA) is 170 Å². The van der Waals surface area contributed by atoms with Crippen LogP contribution in [0.3, 0.4) is 0 Å². The Hall–Kier alpha value is -3.29. The van der Waals surface area contributed by atoms with E-state index in [9.17, 15) is 24.5 Å². The van der Waals surface area contributed by atoms with Gasteiger partial charge in [-0.25, -0.2) is 9.59 Å². The lowest BCUT2D eigenvalue weighted by atomic mass is 10.3. The predicted molar refractivity (Wildman–Crippen MR) is 132 cm³/mol. The first kappa shape index (κ1) is 39.9. The number of methoxy groups -OCH3 is 2. The molecular formula is C23H41NO12. The Labute approximate surface area is 212 Å². The molecule has 210 valence electrons. The van der Waals surface area contributed by atoms with E-state index in [1.54, 1.807) is 19.1 Å². The zero-order valence-corrected chi connectivity index (χ0v) is 22.4. The van der Waals surface area contributed by atoms with Gasteiger partial charge < -0.3 is 33.5 Å². The van der Waals surface area contributed by atoms with Gasteiger partial charge >= 0.3 is 11.9 Å². The Bertz CT molecular complexity index is 653. The summed E-state index contributed by atoms with van der Waals surface area (Å²) in [6.45, 7) is 12.2. The highest BCUT2D eigenvalue weighted by Gasteiger charge is 2.09. The van der Waals surface area contributed by atoms with Crippen LogP contribution in [0.2, 0.25) is 0 Å². The van der Waals surface area contributed by atoms with Crippen LogP contribution in [0.5, 0.6) is 5.75 Å². The molecule has 1 aromatic carbocycles. The number of rotatable bonds is 13. The molecule has 0 saturated carbocycles. The Morgan fingerprint density at radius 3 is 1.94 bits per heavy atom. The molecule has 1 aromatic rings. The fraction of sp³-hybridized carbons (Fsp3) is 0.609. The number of carbonyl (C=O) groups excluding carboxylic acids is 2. The van der Waals surface area contributed by atoms with Gasteiger partial charge in [-0.15, -0.1) is 0 Å². The van der Waals surface area contributed by atoms with Crippen LogP contribution in [0, 0.1) is 10.1 Å². The Kier molecular flexibility index (Phi) is 35.1. The highest BCUT2D eigenvalue weighted by molar-refractivity contribution is 5.70. The van der Waals surface area contributed by atoms with Crippen molar-refractivity contribution >= 4 is 24.1 Å². The summed E-state index contributed by atoms with van der Waals surface area (Å²) in [5.41, 5.74) is 0.0748. The number of nitro benzene ring substituents is 1. The molecule has 1 unspecified atom stereocenters. The average Bonchev–Trinajstić information content (AvgIpc) is 2.88. The summed E-state index contributed by atoms with van der Waals surface area (Å²) in [4.78, 5) is 40.1. The summed E-state index contributed by atoms with van der Waals surface area (Å²) >= 11 is 0. The van der Waals surface area contributed by atoms with Gasteiger partial charge in [0.05, 0.1) is 25.2 Å². The standard InChI is InChI=1S/C8H14O6.C7H7NO3.C4H8O3.2C2H6/c1-7(13-6-9)14-8(10)5-12-4-3-11-2;1-11-7-4-2-6(3-5-7)8(9)10;1-2-7-3-4(5)6;2*1-2/h6-7H,3-5H2,1-2H3;2-5H,1H3;2-3H2,1H3,(H,5,6);2*1-2H3. The van der Waals surface area contributed by atoms with Crippen LogP contribution in [-0.4, -0.2) is 82.0 Å². The van der Waals surface area contributed by atoms with Crippen molar-refractivity contribution in [1.29, 1.82) is 0 Å². The van der Waals surface area contributed by atoms with Crippen LogP contribution >= 0.6 is 0 Å². The van der Waals surface area contributed by atoms with Crippen LogP contribution in [-0.2, 0) is 38.1 Å². The minimum Gasteiger partial charge on any atom is -0.497 e. The van der Waals surface area contributed by atoms with E-state index < -0.39 is 23.2 Å². The van der Waals surface area contributed by atoms with Gasteiger partial charge in [-0.3, -0.25) is 14.9 Å². The Morgan fingerprint density at radius 1 is 1.03 bits per heavy atom. The number of ether oxygens (including phenoxy) is 6. The van der Waals surface area contributed by atoms with Gasteiger partial charge in [0, 0.05) is 32.8 Å². The molecule has 0 radical (unpaired) electrons. The highest BCUT2D eigenvalue weighted by Crippen LogP contribution is 2.16. The minimum absolute atomic E-state index is 0.0748. The molecule has 1 N–H and O–H groups in total. The number of nitrogens with zero attached hydrogens (tertiary/aromatic N) is 1. The van der Waals surface area contributed by atoms with Crippen molar-refractivity contribution in [3.63, 3.8) is 0 Å². The lowest BCUT2D eigenvalue weighted by Gasteiger charge is -2.10. The van der Waals surface area contributed by atoms with E-state index in [1.165, 1.54) is 33.3 Å². The average molecular weight is 524 g/mol. The van der Waals surface area contributed by atoms with Crippen molar-refractivity contribution < 1.29 is 52.8 Å². The maximum atomic E-state index is 10.9. The molecule has 36 heavy (non-hydrogen) atoms. The first-order chi connectivity index (χ1) is 17.2. The van der Waals surface area contributed by atoms with Gasteiger partial charge in [0.15, 0.2) is 0 Å². The van der Waals surface area contributed by atoms with Gasteiger partial charge in [-0.05, 0) is 19.1 Å². The van der Waals surface area contributed by atoms with Crippen LogP contribution in [0.15, 0.2) is 24.3 Å². The molecule has 0 fully saturated rings. The summed E-state index contributed by atoms with van der Waals surface area (Å²) < 4.78 is 27.8. The van der Waals surface area contributed by atoms with Gasteiger partial charge in [0.1, 0.15) is 19.0 Å². The molecule has 1 atom stereocenters. The first-order valence-electron chi connectivity index (χ1n) is 11.1. The maximum Gasteiger partial charge on any atom is 0.335 e. The SMILES string of the molecule is CC.CC.CCOCC(=O)O.COCCOCC(=O)OC(C)OC=O.COc1ccc([N+](=O)[O-])cc1. The second kappa shape index (κ2) is 31.7. The van der Waals surface area contributed by atoms with Crippen LogP contribution in [0.25, 0.3) is 0 Å². The van der Waals surface area contributed by atoms with Gasteiger partial charge in [-0.1, -0.05) is 27.7 Å². The number of non-ortho nitro benzene ring substituents is 1. The van der Waals surface area contributed by atoms with Crippen molar-refractivity contribution in [3.8, 4) is 5.75 Å². The van der Waals surface area contributed by atoms with Gasteiger partial charge in [-0.2, -0.15) is 0 Å². The smallest absolute Gasteiger partial charge is 0.335 e. The number of aliphatic carboxylic acids is 1. The summed E-state index contributed by atoms with van der Waals surface area (Å²) in [7, 11) is 3.04. The third kappa shape index (κ3) is 30.7. The molecule has 0 heterocycles. The van der Waals surface area contributed by atoms with Gasteiger partial charge in [0.2, 0.25) is 6.29 Å². The summed E-state index contributed by atoms with van der Waals surface area (Å²) in [6, 6.07) is 5.91. The molecule has 0 bridgehead atoms. The zero-order chi connectivity index (χ0) is 28.8. The number of benzene rings is 1. The lowest BCUT2D eigenvalue weighted by Crippen LogP contribution is -2.21. The van der Waals surface area contributed by atoms with Crippen molar-refractivity contribution in [1.82, 2.24) is 0 Å². The molecule has 1 rings (SSSR count). The number of hydrogen-bond acceptors (Lipinski definition) is 11. The molecule has 0 saturated heterocycles. The molecule has 0 aliphatic rings. The van der Waals surface area contributed by atoms with Crippen molar-refractivity contribution in [2.45, 2.75) is 47.8 Å². The largest absolute Gasteiger partial charge is 0.497 e. The second-order valence-corrected chi connectivity index (χ2v) is 5.32. The second-order valence-electron chi connectivity index (χ2n) is 5.32. The molecule has 0 spiro atoms. The van der Waals surface area contributed by atoms with Crippen molar-refractivity contribution in [2.24, 2.45) is 0 Å². The number of esters is 1. The third-order valence-corrected chi connectivity index (χ3v) is 2.91. The Morgan fingerprint density at radius 2 is 1.58 bits per heavy atom. The molecule has 0 aromatic heterocycles. The summed E-state index contributed by atoms with van der Waals surface area (Å²) in [6.07, 6.45) is -0.883. The van der Waals surface area contributed by atoms with E-state index in [-0.39, 0.29) is 25.4 Å². The molecule has 0 amide bonds. The van der Waals surface area contributed by atoms with E-state index in [0.29, 0.717) is 25.6 Å². The van der Waals surface area contributed by atoms with Crippen LogP contribution in [0.1, 0.15) is 41.5 Å². The highest BCUT2D eigenvalue weighted by atomic mass is 16.7. The molecule has 13 nitrogen and oxygen atoms in total. The Balaban J connectivity index is -0.000000207. The molecule has 13 heteroatoms.